The minimum absolute atomic E-state index is 0.182. The predicted octanol–water partition coefficient (Wildman–Crippen LogP) is 2.20. The lowest BCUT2D eigenvalue weighted by Crippen LogP contribution is -2.33. The van der Waals surface area contributed by atoms with Crippen LogP contribution in [0, 0.1) is 5.82 Å². The van der Waals surface area contributed by atoms with E-state index in [0.717, 1.165) is 12.8 Å². The summed E-state index contributed by atoms with van der Waals surface area (Å²) in [6, 6.07) is 4.19. The molecule has 90 valence electrons. The molecule has 0 atom stereocenters. The standard InChI is InChI=1S/C13H15FN2O/c1-2-5-16(12-3-4-12)13(17)9-6-10(14)8-11(15)7-9/h2,6-8,12H,1,3-5,15H2. The summed E-state index contributed by atoms with van der Waals surface area (Å²) >= 11 is 0. The third-order valence-corrected chi connectivity index (χ3v) is 2.74. The van der Waals surface area contributed by atoms with Gasteiger partial charge < -0.3 is 10.6 Å². The summed E-state index contributed by atoms with van der Waals surface area (Å²) < 4.78 is 13.2. The first kappa shape index (κ1) is 11.6. The van der Waals surface area contributed by atoms with Gasteiger partial charge in [0.1, 0.15) is 5.82 Å². The van der Waals surface area contributed by atoms with Gasteiger partial charge in [-0.05, 0) is 31.0 Å². The van der Waals surface area contributed by atoms with Crippen LogP contribution in [0.4, 0.5) is 10.1 Å². The Morgan fingerprint density at radius 3 is 2.76 bits per heavy atom. The van der Waals surface area contributed by atoms with Gasteiger partial charge in [-0.15, -0.1) is 6.58 Å². The third kappa shape index (κ3) is 2.64. The van der Waals surface area contributed by atoms with Crippen molar-refractivity contribution in [2.75, 3.05) is 12.3 Å². The van der Waals surface area contributed by atoms with Gasteiger partial charge in [-0.1, -0.05) is 6.08 Å². The van der Waals surface area contributed by atoms with Gasteiger partial charge in [-0.2, -0.15) is 0 Å². The van der Waals surface area contributed by atoms with Crippen molar-refractivity contribution < 1.29 is 9.18 Å². The number of benzene rings is 1. The normalized spacial score (nSPS) is 14.4. The van der Waals surface area contributed by atoms with Crippen LogP contribution in [-0.2, 0) is 0 Å². The molecule has 1 aliphatic carbocycles. The van der Waals surface area contributed by atoms with Gasteiger partial charge in [0.2, 0.25) is 0 Å². The zero-order chi connectivity index (χ0) is 12.4. The van der Waals surface area contributed by atoms with Crippen LogP contribution in [-0.4, -0.2) is 23.4 Å². The van der Waals surface area contributed by atoms with E-state index in [1.807, 2.05) is 0 Å². The van der Waals surface area contributed by atoms with Gasteiger partial charge in [-0.25, -0.2) is 4.39 Å². The first-order valence-electron chi connectivity index (χ1n) is 5.59. The van der Waals surface area contributed by atoms with Crippen molar-refractivity contribution in [3.8, 4) is 0 Å². The maximum atomic E-state index is 13.2. The second kappa shape index (κ2) is 4.57. The van der Waals surface area contributed by atoms with Gasteiger partial charge >= 0.3 is 0 Å². The Labute approximate surface area is 99.7 Å². The van der Waals surface area contributed by atoms with E-state index in [-0.39, 0.29) is 17.6 Å². The number of nitrogen functional groups attached to an aromatic ring is 1. The van der Waals surface area contributed by atoms with Crippen LogP contribution in [0.2, 0.25) is 0 Å². The SMILES string of the molecule is C=CCN(C(=O)c1cc(N)cc(F)c1)C1CC1. The van der Waals surface area contributed by atoms with E-state index in [0.29, 0.717) is 12.1 Å². The van der Waals surface area contributed by atoms with Crippen molar-refractivity contribution in [1.29, 1.82) is 0 Å². The quantitative estimate of drug-likeness (QED) is 0.641. The molecule has 1 saturated carbocycles. The number of nitrogens with zero attached hydrogens (tertiary/aromatic N) is 1. The van der Waals surface area contributed by atoms with Crippen LogP contribution in [0.3, 0.4) is 0 Å². The van der Waals surface area contributed by atoms with Crippen molar-refractivity contribution >= 4 is 11.6 Å². The topological polar surface area (TPSA) is 46.3 Å². The summed E-state index contributed by atoms with van der Waals surface area (Å²) in [7, 11) is 0. The molecule has 17 heavy (non-hydrogen) atoms. The van der Waals surface area contributed by atoms with Crippen LogP contribution in [0.5, 0.6) is 0 Å². The number of carbonyl (C=O) groups excluding carboxylic acids is 1. The molecule has 1 aliphatic rings. The molecule has 1 aromatic rings. The number of rotatable bonds is 4. The molecule has 0 bridgehead atoms. The highest BCUT2D eigenvalue weighted by Gasteiger charge is 2.32. The summed E-state index contributed by atoms with van der Waals surface area (Å²) in [5.74, 6) is -0.665. The zero-order valence-electron chi connectivity index (χ0n) is 9.53. The first-order chi connectivity index (χ1) is 8.11. The van der Waals surface area contributed by atoms with Crippen molar-refractivity contribution in [3.63, 3.8) is 0 Å². The Bertz CT molecular complexity index is 434. The van der Waals surface area contributed by atoms with Crippen LogP contribution in [0.15, 0.2) is 30.9 Å². The number of anilines is 1. The van der Waals surface area contributed by atoms with Gasteiger partial charge in [0.25, 0.3) is 5.91 Å². The van der Waals surface area contributed by atoms with E-state index < -0.39 is 5.82 Å². The number of carbonyl (C=O) groups is 1. The Balaban J connectivity index is 2.24. The first-order valence-corrected chi connectivity index (χ1v) is 5.59. The maximum Gasteiger partial charge on any atom is 0.254 e. The molecular weight excluding hydrogens is 219 g/mol. The highest BCUT2D eigenvalue weighted by Crippen LogP contribution is 2.28. The lowest BCUT2D eigenvalue weighted by atomic mass is 10.1. The van der Waals surface area contributed by atoms with Crippen molar-refractivity contribution in [3.05, 3.63) is 42.2 Å². The summed E-state index contributed by atoms with van der Waals surface area (Å²) in [6.07, 6.45) is 3.69. The van der Waals surface area contributed by atoms with E-state index in [4.69, 9.17) is 5.73 Å². The molecule has 0 spiro atoms. The van der Waals surface area contributed by atoms with Gasteiger partial charge in [0.15, 0.2) is 0 Å². The molecule has 0 aliphatic heterocycles. The van der Waals surface area contributed by atoms with Crippen LogP contribution in [0.1, 0.15) is 23.2 Å². The molecule has 3 nitrogen and oxygen atoms in total. The molecular formula is C13H15FN2O. The van der Waals surface area contributed by atoms with Crippen molar-refractivity contribution in [2.24, 2.45) is 0 Å². The third-order valence-electron chi connectivity index (χ3n) is 2.74. The Morgan fingerprint density at radius 1 is 1.53 bits per heavy atom. The van der Waals surface area contributed by atoms with Crippen LogP contribution in [0.25, 0.3) is 0 Å². The highest BCUT2D eigenvalue weighted by molar-refractivity contribution is 5.95. The largest absolute Gasteiger partial charge is 0.399 e. The molecule has 4 heteroatoms. The summed E-state index contributed by atoms with van der Waals surface area (Å²) in [6.45, 7) is 4.12. The Hall–Kier alpha value is -1.84. The molecule has 2 rings (SSSR count). The number of nitrogens with two attached hydrogens (primary N) is 1. The van der Waals surface area contributed by atoms with E-state index in [1.54, 1.807) is 11.0 Å². The molecule has 0 unspecified atom stereocenters. The summed E-state index contributed by atoms with van der Waals surface area (Å²) in [5, 5.41) is 0. The van der Waals surface area contributed by atoms with Crippen molar-refractivity contribution in [1.82, 2.24) is 4.90 Å². The van der Waals surface area contributed by atoms with E-state index in [9.17, 15) is 9.18 Å². The Kier molecular flexibility index (Phi) is 3.13. The molecule has 0 saturated heterocycles. The lowest BCUT2D eigenvalue weighted by molar-refractivity contribution is 0.0762. The Morgan fingerprint density at radius 2 is 2.24 bits per heavy atom. The average molecular weight is 234 g/mol. The number of hydrogen-bond acceptors (Lipinski definition) is 2. The zero-order valence-corrected chi connectivity index (χ0v) is 9.53. The number of hydrogen-bond donors (Lipinski definition) is 1. The minimum atomic E-state index is -0.484. The monoisotopic (exact) mass is 234 g/mol. The van der Waals surface area contributed by atoms with E-state index in [1.165, 1.54) is 18.2 Å². The van der Waals surface area contributed by atoms with Gasteiger partial charge in [0.05, 0.1) is 0 Å². The maximum absolute atomic E-state index is 13.2. The molecule has 0 aromatic heterocycles. The summed E-state index contributed by atoms with van der Waals surface area (Å²) in [4.78, 5) is 13.9. The fourth-order valence-corrected chi connectivity index (χ4v) is 1.82. The second-order valence-corrected chi connectivity index (χ2v) is 4.25. The van der Waals surface area contributed by atoms with E-state index in [2.05, 4.69) is 6.58 Å². The molecule has 0 heterocycles. The molecule has 1 aromatic carbocycles. The van der Waals surface area contributed by atoms with Gasteiger partial charge in [-0.3, -0.25) is 4.79 Å². The lowest BCUT2D eigenvalue weighted by Gasteiger charge is -2.20. The van der Waals surface area contributed by atoms with Crippen molar-refractivity contribution in [2.45, 2.75) is 18.9 Å². The number of amides is 1. The summed E-state index contributed by atoms with van der Waals surface area (Å²) in [5.41, 5.74) is 6.10. The second-order valence-electron chi connectivity index (χ2n) is 4.25. The minimum Gasteiger partial charge on any atom is -0.399 e. The van der Waals surface area contributed by atoms with E-state index >= 15 is 0 Å². The molecule has 2 N–H and O–H groups in total. The fraction of sp³-hybridized carbons (Fsp3) is 0.308. The predicted molar refractivity (Wildman–Crippen MR) is 65.1 cm³/mol. The highest BCUT2D eigenvalue weighted by atomic mass is 19.1. The smallest absolute Gasteiger partial charge is 0.254 e. The van der Waals surface area contributed by atoms with Crippen LogP contribution >= 0.6 is 0 Å². The molecule has 1 amide bonds. The number of halogens is 1. The van der Waals surface area contributed by atoms with Gasteiger partial charge in [0, 0.05) is 23.8 Å². The fourth-order valence-electron chi connectivity index (χ4n) is 1.82. The van der Waals surface area contributed by atoms with Crippen LogP contribution < -0.4 is 5.73 Å². The molecule has 1 fully saturated rings. The average Bonchev–Trinajstić information content (AvgIpc) is 3.07. The molecule has 0 radical (unpaired) electrons.